The van der Waals surface area contributed by atoms with Gasteiger partial charge in [-0.3, -0.25) is 0 Å². The normalized spacial score (nSPS) is 64.1. The molecule has 0 aromatic heterocycles. The van der Waals surface area contributed by atoms with Gasteiger partial charge in [0.15, 0.2) is 0 Å². The van der Waals surface area contributed by atoms with Gasteiger partial charge in [0.1, 0.15) is 0 Å². The van der Waals surface area contributed by atoms with Crippen LogP contribution < -0.4 is 0 Å². The summed E-state index contributed by atoms with van der Waals surface area (Å²) in [6.45, 7) is -4.42. The quantitative estimate of drug-likeness (QED) is 0.357. The van der Waals surface area contributed by atoms with Gasteiger partial charge < -0.3 is 0 Å². The van der Waals surface area contributed by atoms with Crippen molar-refractivity contribution >= 4 is 0 Å². The minimum absolute atomic E-state index is 0.0348. The minimum atomic E-state index is -2.21. The molecule has 0 aromatic carbocycles. The zero-order valence-electron chi connectivity index (χ0n) is 14.7. The molecule has 0 aliphatic heterocycles. The van der Waals surface area contributed by atoms with Gasteiger partial charge in [0, 0.05) is 13.1 Å². The Morgan fingerprint density at radius 1 is 1.20 bits per heavy atom. The van der Waals surface area contributed by atoms with Crippen molar-refractivity contribution in [1.82, 2.24) is 0 Å². The highest BCUT2D eigenvalue weighted by molar-refractivity contribution is 5.14. The molecule has 0 heterocycles. The first kappa shape index (κ1) is 5.09. The maximum Gasteiger partial charge on any atom is 0.0501 e. The smallest absolute Gasteiger partial charge is 0.0501 e. The number of hydrogen-bond acceptors (Lipinski definition) is 1. The first-order valence-corrected chi connectivity index (χ1v) is 5.53. The number of nitrogens with zero attached hydrogens (tertiary/aromatic N) is 3. The highest BCUT2D eigenvalue weighted by Crippen LogP contribution is 2.67. The van der Waals surface area contributed by atoms with Gasteiger partial charge in [-0.15, -0.1) is 0 Å². The number of hydrogen-bond donors (Lipinski definition) is 0. The molecule has 3 nitrogen and oxygen atoms in total. The lowest BCUT2D eigenvalue weighted by molar-refractivity contribution is -0.104. The molecule has 15 heavy (non-hydrogen) atoms. The Hall–Kier alpha value is -0.690. The van der Waals surface area contributed by atoms with Crippen molar-refractivity contribution in [2.45, 2.75) is 57.8 Å². The Labute approximate surface area is 99.3 Å². The standard InChI is InChI=1S/C12H19N3/c1-10-3-9-4-11(2,6-10)8-12(5-9,7-10)14-15-13/h9H,3-8H2,1-2H3/i1D3,2D3. The Kier molecular flexibility index (Phi) is 0.855. The minimum Gasteiger partial charge on any atom is -0.0872 e. The number of azide groups is 1. The first-order valence-electron chi connectivity index (χ1n) is 8.53. The molecule has 0 N–H and O–H groups in total. The Balaban J connectivity index is 2.15. The second kappa shape index (κ2) is 2.52. The van der Waals surface area contributed by atoms with Crippen LogP contribution in [0.25, 0.3) is 10.4 Å². The summed E-state index contributed by atoms with van der Waals surface area (Å²) < 4.78 is 47.6. The van der Waals surface area contributed by atoms with E-state index in [1.807, 2.05) is 0 Å². The van der Waals surface area contributed by atoms with E-state index in [1.165, 1.54) is 0 Å². The van der Waals surface area contributed by atoms with Gasteiger partial charge in [0.2, 0.25) is 0 Å². The van der Waals surface area contributed by atoms with Crippen LogP contribution in [0.5, 0.6) is 0 Å². The Morgan fingerprint density at radius 3 is 2.40 bits per heavy atom. The second-order valence-corrected chi connectivity index (χ2v) is 5.98. The summed E-state index contributed by atoms with van der Waals surface area (Å²) in [6.07, 6.45) is 2.50. The van der Waals surface area contributed by atoms with Crippen LogP contribution in [0.4, 0.5) is 0 Å². The maximum atomic E-state index is 8.88. The van der Waals surface area contributed by atoms with Crippen LogP contribution in [0.15, 0.2) is 5.11 Å². The van der Waals surface area contributed by atoms with Gasteiger partial charge in [-0.2, -0.15) is 0 Å². The third kappa shape index (κ3) is 1.29. The molecule has 2 unspecified atom stereocenters. The van der Waals surface area contributed by atoms with E-state index in [1.54, 1.807) is 0 Å². The molecule has 4 rings (SSSR count). The van der Waals surface area contributed by atoms with E-state index in [0.29, 0.717) is 32.1 Å². The third-order valence-electron chi connectivity index (χ3n) is 4.30. The van der Waals surface area contributed by atoms with Gasteiger partial charge in [0.25, 0.3) is 0 Å². The molecular formula is C12H19N3. The van der Waals surface area contributed by atoms with Crippen molar-refractivity contribution in [2.24, 2.45) is 21.9 Å². The maximum absolute atomic E-state index is 8.88. The molecule has 3 heteroatoms. The van der Waals surface area contributed by atoms with Crippen molar-refractivity contribution < 1.29 is 8.22 Å². The molecule has 4 saturated carbocycles. The fourth-order valence-electron chi connectivity index (χ4n) is 4.59. The van der Waals surface area contributed by atoms with Gasteiger partial charge in [-0.05, 0) is 60.8 Å². The second-order valence-electron chi connectivity index (χ2n) is 5.98. The van der Waals surface area contributed by atoms with E-state index in [2.05, 4.69) is 10.0 Å². The summed E-state index contributed by atoms with van der Waals surface area (Å²) in [6, 6.07) is 0. The predicted molar refractivity (Wildman–Crippen MR) is 59.3 cm³/mol. The van der Waals surface area contributed by atoms with E-state index >= 15 is 0 Å². The first-order chi connectivity index (χ1) is 9.47. The van der Waals surface area contributed by atoms with E-state index in [0.717, 1.165) is 0 Å². The van der Waals surface area contributed by atoms with Crippen LogP contribution in [-0.2, 0) is 0 Å². The Bertz CT molecular complexity index is 488. The molecule has 4 bridgehead atoms. The van der Waals surface area contributed by atoms with Crippen LogP contribution in [0, 0.1) is 16.7 Å². The van der Waals surface area contributed by atoms with Gasteiger partial charge >= 0.3 is 0 Å². The van der Waals surface area contributed by atoms with Crippen molar-refractivity contribution in [3.8, 4) is 0 Å². The van der Waals surface area contributed by atoms with E-state index in [-0.39, 0.29) is 12.3 Å². The van der Waals surface area contributed by atoms with Crippen LogP contribution in [0.2, 0.25) is 0 Å². The average molecular weight is 211 g/mol. The fourth-order valence-corrected chi connectivity index (χ4v) is 4.59. The lowest BCUT2D eigenvalue weighted by Crippen LogP contribution is -2.57. The predicted octanol–water partition coefficient (Wildman–Crippen LogP) is 4.05. The highest BCUT2D eigenvalue weighted by atomic mass is 15.2. The SMILES string of the molecule is [2H]C([2H])([2H])C12CC3CC(N=[N+]=[N-])(C1)CC(C([2H])([2H])[2H])(C3)C2. The van der Waals surface area contributed by atoms with Gasteiger partial charge in [-0.25, -0.2) is 0 Å². The molecule has 82 valence electrons. The summed E-state index contributed by atoms with van der Waals surface area (Å²) in [4.78, 5) is 2.91. The number of rotatable bonds is 1. The van der Waals surface area contributed by atoms with Crippen molar-refractivity contribution in [2.75, 3.05) is 0 Å². The molecule has 0 radical (unpaired) electrons. The molecule has 2 atom stereocenters. The summed E-state index contributed by atoms with van der Waals surface area (Å²) in [5.74, 6) is 0.0348. The molecule has 4 fully saturated rings. The zero-order valence-corrected chi connectivity index (χ0v) is 8.66. The van der Waals surface area contributed by atoms with E-state index in [9.17, 15) is 0 Å². The monoisotopic (exact) mass is 211 g/mol. The molecule has 0 aromatic rings. The van der Waals surface area contributed by atoms with Gasteiger partial charge in [-0.1, -0.05) is 18.8 Å². The van der Waals surface area contributed by atoms with Crippen molar-refractivity contribution in [1.29, 1.82) is 0 Å². The lowest BCUT2D eigenvalue weighted by atomic mass is 9.43. The zero-order chi connectivity index (χ0) is 15.7. The highest BCUT2D eigenvalue weighted by Gasteiger charge is 2.59. The summed E-state index contributed by atoms with van der Waals surface area (Å²) in [7, 11) is 0. The van der Waals surface area contributed by atoms with E-state index < -0.39 is 30.1 Å². The Morgan fingerprint density at radius 2 is 1.87 bits per heavy atom. The molecule has 0 amide bonds. The third-order valence-corrected chi connectivity index (χ3v) is 4.30. The van der Waals surface area contributed by atoms with Crippen molar-refractivity contribution in [3.05, 3.63) is 10.4 Å². The molecule has 4 aliphatic carbocycles. The summed E-state index contributed by atoms with van der Waals surface area (Å²) in [5.41, 5.74) is 6.04. The fraction of sp³-hybridized carbons (Fsp3) is 1.00. The molecule has 0 spiro atoms. The largest absolute Gasteiger partial charge is 0.0872 e. The van der Waals surface area contributed by atoms with Crippen LogP contribution in [0.1, 0.15) is 60.5 Å². The molecular weight excluding hydrogens is 186 g/mol. The van der Waals surface area contributed by atoms with Crippen LogP contribution in [-0.4, -0.2) is 5.54 Å². The van der Waals surface area contributed by atoms with E-state index in [4.69, 9.17) is 13.8 Å². The average Bonchev–Trinajstić information content (AvgIpc) is 2.23. The topological polar surface area (TPSA) is 48.8 Å². The van der Waals surface area contributed by atoms with Gasteiger partial charge in [0.05, 0.1) is 5.54 Å². The lowest BCUT2D eigenvalue weighted by Gasteiger charge is -2.64. The van der Waals surface area contributed by atoms with Crippen molar-refractivity contribution in [3.63, 3.8) is 0 Å². The summed E-state index contributed by atoms with van der Waals surface area (Å²) >= 11 is 0. The summed E-state index contributed by atoms with van der Waals surface area (Å²) in [5, 5.41) is 3.91. The molecule has 0 saturated heterocycles. The molecule has 4 aliphatic rings. The van der Waals surface area contributed by atoms with Crippen LogP contribution in [0.3, 0.4) is 0 Å². The van der Waals surface area contributed by atoms with Crippen LogP contribution >= 0.6 is 0 Å².